The number of carbonyl (C=O) groups excluding carboxylic acids is 1. The van der Waals surface area contributed by atoms with E-state index >= 15 is 0 Å². The van der Waals surface area contributed by atoms with Crippen molar-refractivity contribution >= 4 is 18.6 Å². The fraction of sp³-hybridized carbons (Fsp3) is 0.333. The highest BCUT2D eigenvalue weighted by Crippen LogP contribution is 2.14. The van der Waals surface area contributed by atoms with Gasteiger partial charge in [-0.1, -0.05) is 0 Å². The molecule has 0 aliphatic carbocycles. The van der Waals surface area contributed by atoms with Gasteiger partial charge >= 0.3 is 5.97 Å². The Labute approximate surface area is 69.4 Å². The lowest BCUT2D eigenvalue weighted by molar-refractivity contribution is 0.0596. The van der Waals surface area contributed by atoms with Gasteiger partial charge in [0.15, 0.2) is 0 Å². The van der Waals surface area contributed by atoms with Crippen LogP contribution in [-0.2, 0) is 4.74 Å². The Bertz CT molecular complexity index is 263. The second-order valence-electron chi connectivity index (χ2n) is 2.02. The van der Waals surface area contributed by atoms with Gasteiger partial charge in [0.25, 0.3) is 0 Å². The van der Waals surface area contributed by atoms with Gasteiger partial charge in [-0.3, -0.25) is 5.10 Å². The molecular weight excluding hydrogens is 164 g/mol. The summed E-state index contributed by atoms with van der Waals surface area (Å²) in [6, 6.07) is 0. The van der Waals surface area contributed by atoms with Crippen molar-refractivity contribution in [3.8, 4) is 0 Å². The van der Waals surface area contributed by atoms with Crippen molar-refractivity contribution in [2.75, 3.05) is 7.11 Å². The molecule has 0 aliphatic rings. The second kappa shape index (κ2) is 2.96. The van der Waals surface area contributed by atoms with E-state index in [1.54, 1.807) is 6.92 Å². The third-order valence-electron chi connectivity index (χ3n) is 1.32. The van der Waals surface area contributed by atoms with Crippen molar-refractivity contribution in [2.45, 2.75) is 11.9 Å². The van der Waals surface area contributed by atoms with Gasteiger partial charge < -0.3 is 4.74 Å². The Morgan fingerprint density at radius 2 is 2.36 bits per heavy atom. The topological polar surface area (TPSA) is 55.0 Å². The summed E-state index contributed by atoms with van der Waals surface area (Å²) in [5, 5.41) is 6.79. The maximum Gasteiger partial charge on any atom is 0.342 e. The molecule has 0 unspecified atom stereocenters. The van der Waals surface area contributed by atoms with Gasteiger partial charge in [-0.2, -0.15) is 5.10 Å². The lowest BCUT2D eigenvalue weighted by Crippen LogP contribution is -2.02. The first-order valence-corrected chi connectivity index (χ1v) is 3.43. The van der Waals surface area contributed by atoms with Crippen LogP contribution in [-0.4, -0.2) is 23.3 Å². The molecule has 0 atom stereocenters. The van der Waals surface area contributed by atoms with E-state index in [1.165, 1.54) is 7.11 Å². The fourth-order valence-electron chi connectivity index (χ4n) is 0.766. The fourth-order valence-corrected chi connectivity index (χ4v) is 1.07. The number of ether oxygens (including phenoxy) is 1. The van der Waals surface area contributed by atoms with Gasteiger partial charge in [-0.15, -0.1) is 12.6 Å². The van der Waals surface area contributed by atoms with Gasteiger partial charge in [0.05, 0.1) is 12.8 Å². The van der Waals surface area contributed by atoms with E-state index in [0.29, 0.717) is 16.3 Å². The minimum absolute atomic E-state index is 0.399. The third-order valence-corrected chi connectivity index (χ3v) is 1.64. The molecule has 1 aromatic rings. The Kier molecular flexibility index (Phi) is 2.19. The highest BCUT2D eigenvalue weighted by atomic mass is 32.1. The van der Waals surface area contributed by atoms with Gasteiger partial charge in [0, 0.05) is 0 Å². The summed E-state index contributed by atoms with van der Waals surface area (Å²) >= 11 is 3.99. The Morgan fingerprint density at radius 1 is 1.73 bits per heavy atom. The highest BCUT2D eigenvalue weighted by molar-refractivity contribution is 7.80. The van der Waals surface area contributed by atoms with Crippen LogP contribution in [0.5, 0.6) is 0 Å². The number of aromatic nitrogens is 2. The Morgan fingerprint density at radius 3 is 2.73 bits per heavy atom. The molecule has 0 saturated heterocycles. The standard InChI is InChI=1S/C6H8N2O2S/c1-3-4(6(9)10-2)5(11)8-7-3/h1-2H3,(H2,7,8,11). The molecule has 0 amide bonds. The average molecular weight is 172 g/mol. The molecule has 0 saturated carbocycles. The van der Waals surface area contributed by atoms with Crippen LogP contribution in [0.4, 0.5) is 0 Å². The SMILES string of the molecule is COC(=O)c1c(C)n[nH]c1S. The minimum atomic E-state index is -0.416. The molecule has 1 rings (SSSR count). The second-order valence-corrected chi connectivity index (χ2v) is 2.47. The van der Waals surface area contributed by atoms with E-state index in [4.69, 9.17) is 0 Å². The number of aryl methyl sites for hydroxylation is 1. The summed E-state index contributed by atoms with van der Waals surface area (Å²) in [5.74, 6) is -0.416. The molecule has 0 aliphatic heterocycles. The van der Waals surface area contributed by atoms with Crippen LogP contribution in [0.1, 0.15) is 16.1 Å². The number of nitrogens with one attached hydrogen (secondary N) is 1. The molecule has 0 aromatic carbocycles. The predicted octanol–water partition coefficient (Wildman–Crippen LogP) is 0.793. The molecular formula is C6H8N2O2S. The number of hydrogen-bond donors (Lipinski definition) is 2. The zero-order valence-electron chi connectivity index (χ0n) is 6.21. The summed E-state index contributed by atoms with van der Waals surface area (Å²) in [4.78, 5) is 11.0. The molecule has 0 bridgehead atoms. The first-order chi connectivity index (χ1) is 5.16. The number of nitrogens with zero attached hydrogens (tertiary/aromatic N) is 1. The van der Waals surface area contributed by atoms with Crippen molar-refractivity contribution in [1.29, 1.82) is 0 Å². The summed E-state index contributed by atoms with van der Waals surface area (Å²) < 4.78 is 4.51. The normalized spacial score (nSPS) is 9.73. The van der Waals surface area contributed by atoms with Crippen LogP contribution in [0.2, 0.25) is 0 Å². The van der Waals surface area contributed by atoms with Gasteiger partial charge in [0.1, 0.15) is 10.6 Å². The van der Waals surface area contributed by atoms with Gasteiger partial charge in [-0.05, 0) is 6.92 Å². The van der Waals surface area contributed by atoms with Crippen molar-refractivity contribution in [2.24, 2.45) is 0 Å². The van der Waals surface area contributed by atoms with E-state index in [9.17, 15) is 4.79 Å². The number of esters is 1. The Hall–Kier alpha value is -0.970. The molecule has 1 N–H and O–H groups in total. The van der Waals surface area contributed by atoms with Crippen LogP contribution in [0.15, 0.2) is 5.03 Å². The summed E-state index contributed by atoms with van der Waals surface area (Å²) in [6.45, 7) is 1.71. The third kappa shape index (κ3) is 1.37. The lowest BCUT2D eigenvalue weighted by Gasteiger charge is -1.95. The zero-order chi connectivity index (χ0) is 8.43. The number of methoxy groups -OCH3 is 1. The molecule has 0 spiro atoms. The molecule has 0 radical (unpaired) electrons. The minimum Gasteiger partial charge on any atom is -0.465 e. The van der Waals surface area contributed by atoms with Crippen LogP contribution in [0.3, 0.4) is 0 Å². The maximum absolute atomic E-state index is 11.0. The molecule has 1 heterocycles. The number of H-pyrrole nitrogens is 1. The molecule has 4 nitrogen and oxygen atoms in total. The van der Waals surface area contributed by atoms with Crippen LogP contribution < -0.4 is 0 Å². The van der Waals surface area contributed by atoms with Crippen molar-refractivity contribution in [3.05, 3.63) is 11.3 Å². The molecule has 60 valence electrons. The smallest absolute Gasteiger partial charge is 0.342 e. The monoisotopic (exact) mass is 172 g/mol. The molecule has 11 heavy (non-hydrogen) atoms. The number of hydrogen-bond acceptors (Lipinski definition) is 4. The molecule has 0 fully saturated rings. The number of carbonyl (C=O) groups is 1. The number of rotatable bonds is 1. The summed E-state index contributed by atoms with van der Waals surface area (Å²) in [5.41, 5.74) is 0.998. The molecule has 1 aromatic heterocycles. The maximum atomic E-state index is 11.0. The van der Waals surface area contributed by atoms with Crippen LogP contribution in [0.25, 0.3) is 0 Å². The van der Waals surface area contributed by atoms with E-state index in [-0.39, 0.29) is 0 Å². The van der Waals surface area contributed by atoms with Crippen molar-refractivity contribution in [1.82, 2.24) is 10.2 Å². The van der Waals surface area contributed by atoms with Crippen molar-refractivity contribution in [3.63, 3.8) is 0 Å². The number of thiol groups is 1. The van der Waals surface area contributed by atoms with Crippen LogP contribution in [0, 0.1) is 6.92 Å². The lowest BCUT2D eigenvalue weighted by atomic mass is 10.3. The van der Waals surface area contributed by atoms with E-state index in [2.05, 4.69) is 27.6 Å². The van der Waals surface area contributed by atoms with Gasteiger partial charge in [0.2, 0.25) is 0 Å². The van der Waals surface area contributed by atoms with E-state index in [0.717, 1.165) is 0 Å². The quantitative estimate of drug-likeness (QED) is 0.486. The summed E-state index contributed by atoms with van der Waals surface area (Å²) in [7, 11) is 1.32. The van der Waals surface area contributed by atoms with Gasteiger partial charge in [-0.25, -0.2) is 4.79 Å². The van der Waals surface area contributed by atoms with E-state index < -0.39 is 5.97 Å². The first kappa shape index (κ1) is 8.13. The molecule has 5 heteroatoms. The Balaban J connectivity index is 3.10. The first-order valence-electron chi connectivity index (χ1n) is 2.99. The largest absolute Gasteiger partial charge is 0.465 e. The van der Waals surface area contributed by atoms with Crippen LogP contribution >= 0.6 is 12.6 Å². The average Bonchev–Trinajstić information content (AvgIpc) is 2.30. The van der Waals surface area contributed by atoms with Crippen molar-refractivity contribution < 1.29 is 9.53 Å². The summed E-state index contributed by atoms with van der Waals surface area (Å²) in [6.07, 6.45) is 0. The highest BCUT2D eigenvalue weighted by Gasteiger charge is 2.15. The predicted molar refractivity (Wildman–Crippen MR) is 41.9 cm³/mol. The number of aromatic amines is 1. The van der Waals surface area contributed by atoms with E-state index in [1.807, 2.05) is 0 Å². The zero-order valence-corrected chi connectivity index (χ0v) is 7.11.